The maximum absolute atomic E-state index is 10.8. The van der Waals surface area contributed by atoms with Crippen molar-refractivity contribution in [3.8, 4) is 5.88 Å². The number of aromatic nitrogens is 1. The van der Waals surface area contributed by atoms with Gasteiger partial charge in [-0.3, -0.25) is 5.11 Å². The summed E-state index contributed by atoms with van der Waals surface area (Å²) in [6.45, 7) is 0. The fourth-order valence-corrected chi connectivity index (χ4v) is 1.05. The van der Waals surface area contributed by atoms with E-state index in [2.05, 4.69) is 4.98 Å². The average molecular weight is 144 g/mol. The van der Waals surface area contributed by atoms with E-state index in [1.54, 1.807) is 6.07 Å². The smallest absolute Gasteiger partial charge is 0.267 e. The molecule has 0 aliphatic rings. The van der Waals surface area contributed by atoms with Gasteiger partial charge in [-0.15, -0.1) is 0 Å². The Balaban J connectivity index is 2.83. The van der Waals surface area contributed by atoms with E-state index in [0.29, 0.717) is 0 Å². The number of nitrogens with zero attached hydrogens (tertiary/aromatic N) is 1. The van der Waals surface area contributed by atoms with Crippen molar-refractivity contribution in [3.63, 3.8) is 0 Å². The number of rotatable bonds is 0. The van der Waals surface area contributed by atoms with Gasteiger partial charge in [0.15, 0.2) is 0 Å². The van der Waals surface area contributed by atoms with E-state index in [0.717, 1.165) is 10.9 Å². The summed E-state index contributed by atoms with van der Waals surface area (Å²) < 4.78 is 0. The molecule has 1 radical (unpaired) electrons. The summed E-state index contributed by atoms with van der Waals surface area (Å²) in [5.74, 6) is -0.177. The lowest BCUT2D eigenvalue weighted by atomic mass is 10.2. The third kappa shape index (κ3) is 1.03. The second-order valence-electron chi connectivity index (χ2n) is 2.34. The summed E-state index contributed by atoms with van der Waals surface area (Å²) in [7, 11) is 0. The number of pyridine rings is 1. The minimum absolute atomic E-state index is 0.177. The summed E-state index contributed by atoms with van der Waals surface area (Å²) in [6.07, 6.45) is 0. The number of fused-ring (bicyclic) bond motifs is 1. The molecule has 1 aromatic heterocycles. The molecule has 0 saturated carbocycles. The van der Waals surface area contributed by atoms with Crippen LogP contribution in [0, 0.1) is 0 Å². The first-order valence-electron chi connectivity index (χ1n) is 3.39. The lowest BCUT2D eigenvalue weighted by Crippen LogP contribution is -1.75. The van der Waals surface area contributed by atoms with Crippen molar-refractivity contribution in [3.05, 3.63) is 36.4 Å². The van der Waals surface area contributed by atoms with E-state index in [4.69, 9.17) is 0 Å². The molecule has 2 heteroatoms. The van der Waals surface area contributed by atoms with Crippen LogP contribution in [0.5, 0.6) is 5.88 Å². The van der Waals surface area contributed by atoms with Crippen molar-refractivity contribution in [2.75, 3.05) is 0 Å². The molecule has 53 valence electrons. The summed E-state index contributed by atoms with van der Waals surface area (Å²) in [6, 6.07) is 10.8. The first-order valence-corrected chi connectivity index (χ1v) is 3.39. The van der Waals surface area contributed by atoms with Gasteiger partial charge in [0, 0.05) is 11.5 Å². The fraction of sp³-hybridized carbons (Fsp3) is 0. The second kappa shape index (κ2) is 2.23. The summed E-state index contributed by atoms with van der Waals surface area (Å²) >= 11 is 0. The molecule has 0 unspecified atom stereocenters. The van der Waals surface area contributed by atoms with Gasteiger partial charge in [-0.25, -0.2) is 4.98 Å². The highest BCUT2D eigenvalue weighted by atomic mass is 16.3. The zero-order valence-corrected chi connectivity index (χ0v) is 5.82. The molecule has 0 aliphatic carbocycles. The Hall–Kier alpha value is -1.57. The molecule has 1 aromatic carbocycles. The molecule has 2 rings (SSSR count). The first kappa shape index (κ1) is 6.16. The molecule has 0 aliphatic heterocycles. The highest BCUT2D eigenvalue weighted by Gasteiger charge is 1.94. The van der Waals surface area contributed by atoms with Crippen LogP contribution in [0.15, 0.2) is 36.4 Å². The Morgan fingerprint density at radius 2 is 1.82 bits per heavy atom. The van der Waals surface area contributed by atoms with Crippen LogP contribution in [0.1, 0.15) is 0 Å². The largest absolute Gasteiger partial charge is 0.270 e. The van der Waals surface area contributed by atoms with Crippen LogP contribution < -0.4 is 0 Å². The molecule has 2 nitrogen and oxygen atoms in total. The van der Waals surface area contributed by atoms with Gasteiger partial charge in [0.25, 0.3) is 5.88 Å². The minimum Gasteiger partial charge on any atom is -0.267 e. The van der Waals surface area contributed by atoms with Crippen molar-refractivity contribution in [2.24, 2.45) is 0 Å². The molecule has 0 N–H and O–H groups in total. The Bertz CT molecular complexity index is 384. The average Bonchev–Trinajstić information content (AvgIpc) is 2.04. The molecule has 0 spiro atoms. The van der Waals surface area contributed by atoms with E-state index < -0.39 is 0 Å². The monoisotopic (exact) mass is 144 g/mol. The number of para-hydroxylation sites is 1. The van der Waals surface area contributed by atoms with E-state index in [1.165, 1.54) is 6.07 Å². The normalized spacial score (nSPS) is 10.2. The molecular formula is C9H6NO. The first-order chi connectivity index (χ1) is 5.36. The molecule has 0 bridgehead atoms. The number of hydrogen-bond acceptors (Lipinski definition) is 1. The van der Waals surface area contributed by atoms with Gasteiger partial charge in [0.1, 0.15) is 0 Å². The van der Waals surface area contributed by atoms with Crippen LogP contribution in [-0.4, -0.2) is 4.98 Å². The van der Waals surface area contributed by atoms with Crippen molar-refractivity contribution in [1.29, 1.82) is 0 Å². The van der Waals surface area contributed by atoms with E-state index in [1.807, 2.05) is 24.3 Å². The van der Waals surface area contributed by atoms with Crippen LogP contribution in [0.25, 0.3) is 10.9 Å². The minimum atomic E-state index is -0.177. The molecule has 0 amide bonds. The van der Waals surface area contributed by atoms with Gasteiger partial charge in [-0.2, -0.15) is 0 Å². The maximum Gasteiger partial charge on any atom is 0.270 e. The van der Waals surface area contributed by atoms with Gasteiger partial charge in [-0.1, -0.05) is 18.2 Å². The van der Waals surface area contributed by atoms with Crippen molar-refractivity contribution < 1.29 is 5.11 Å². The van der Waals surface area contributed by atoms with Crippen molar-refractivity contribution in [2.45, 2.75) is 0 Å². The van der Waals surface area contributed by atoms with Gasteiger partial charge in [0.05, 0.1) is 5.52 Å². The summed E-state index contributed by atoms with van der Waals surface area (Å²) in [4.78, 5) is 3.82. The predicted molar refractivity (Wildman–Crippen MR) is 41.9 cm³/mol. The Morgan fingerprint density at radius 3 is 2.73 bits per heavy atom. The van der Waals surface area contributed by atoms with Gasteiger partial charge in [-0.05, 0) is 12.1 Å². The van der Waals surface area contributed by atoms with Crippen LogP contribution in [0.3, 0.4) is 0 Å². The van der Waals surface area contributed by atoms with E-state index in [-0.39, 0.29) is 5.88 Å². The molecule has 0 atom stereocenters. The van der Waals surface area contributed by atoms with Crippen LogP contribution in [0.2, 0.25) is 0 Å². The Kier molecular flexibility index (Phi) is 1.25. The van der Waals surface area contributed by atoms with Crippen molar-refractivity contribution in [1.82, 2.24) is 4.98 Å². The van der Waals surface area contributed by atoms with Crippen LogP contribution in [-0.2, 0) is 5.11 Å². The zero-order valence-electron chi connectivity index (χ0n) is 5.82. The lowest BCUT2D eigenvalue weighted by Gasteiger charge is -1.93. The van der Waals surface area contributed by atoms with Gasteiger partial charge >= 0.3 is 0 Å². The third-order valence-electron chi connectivity index (χ3n) is 1.57. The second-order valence-corrected chi connectivity index (χ2v) is 2.34. The summed E-state index contributed by atoms with van der Waals surface area (Å²) in [5.41, 5.74) is 0.764. The van der Waals surface area contributed by atoms with Crippen LogP contribution >= 0.6 is 0 Å². The zero-order chi connectivity index (χ0) is 7.68. The number of hydrogen-bond donors (Lipinski definition) is 0. The molecule has 1 heterocycles. The maximum atomic E-state index is 10.8. The number of benzene rings is 1. The molecule has 2 aromatic rings. The fourth-order valence-electron chi connectivity index (χ4n) is 1.05. The molecule has 0 saturated heterocycles. The highest BCUT2D eigenvalue weighted by molar-refractivity contribution is 5.78. The van der Waals surface area contributed by atoms with E-state index in [9.17, 15) is 5.11 Å². The molecule has 11 heavy (non-hydrogen) atoms. The summed E-state index contributed by atoms with van der Waals surface area (Å²) in [5, 5.41) is 11.8. The third-order valence-corrected chi connectivity index (χ3v) is 1.57. The quantitative estimate of drug-likeness (QED) is 0.558. The highest BCUT2D eigenvalue weighted by Crippen LogP contribution is 2.14. The lowest BCUT2D eigenvalue weighted by molar-refractivity contribution is 0.339. The topological polar surface area (TPSA) is 32.8 Å². The van der Waals surface area contributed by atoms with Crippen molar-refractivity contribution >= 4 is 10.9 Å². The Labute approximate surface area is 64.1 Å². The van der Waals surface area contributed by atoms with E-state index >= 15 is 0 Å². The molecule has 0 fully saturated rings. The Morgan fingerprint density at radius 1 is 1.00 bits per heavy atom. The van der Waals surface area contributed by atoms with Gasteiger partial charge in [0.2, 0.25) is 0 Å². The van der Waals surface area contributed by atoms with Crippen LogP contribution in [0.4, 0.5) is 0 Å². The SMILES string of the molecule is [O]c1ccc2ccccc2n1. The van der Waals surface area contributed by atoms with Gasteiger partial charge < -0.3 is 0 Å². The molecular weight excluding hydrogens is 138 g/mol. The standard InChI is InChI=1S/C9H6NO/c11-9-6-5-7-3-1-2-4-8(7)10-9/h1-6H. The predicted octanol–water partition coefficient (Wildman–Crippen LogP) is 2.38.